The van der Waals surface area contributed by atoms with Crippen molar-refractivity contribution in [2.24, 2.45) is 17.6 Å². The number of nitrogens with zero attached hydrogens (tertiary/aromatic N) is 1. The largest absolute Gasteiger partial charge is 0.480 e. The van der Waals surface area contributed by atoms with Gasteiger partial charge in [0.1, 0.15) is 23.8 Å². The molecule has 2 aliphatic carbocycles. The van der Waals surface area contributed by atoms with E-state index in [9.17, 15) is 29.1 Å². The number of carboxylic acid groups (broad SMARTS) is 2. The molecule has 0 fully saturated rings. The fourth-order valence-corrected chi connectivity index (χ4v) is 7.14. The zero-order valence-corrected chi connectivity index (χ0v) is 24.9. The number of aromatic nitrogens is 1. The van der Waals surface area contributed by atoms with E-state index in [0.29, 0.717) is 31.4 Å². The highest BCUT2D eigenvalue weighted by atomic mass is 32.2. The highest BCUT2D eigenvalue weighted by molar-refractivity contribution is 8.01. The summed E-state index contributed by atoms with van der Waals surface area (Å²) < 4.78 is 5.10. The second kappa shape index (κ2) is 14.2. The summed E-state index contributed by atoms with van der Waals surface area (Å²) in [7, 11) is 0. The number of esters is 1. The van der Waals surface area contributed by atoms with Crippen LogP contribution in [0.5, 0.6) is 0 Å². The van der Waals surface area contributed by atoms with Crippen molar-refractivity contribution in [3.8, 4) is 0 Å². The zero-order valence-electron chi connectivity index (χ0n) is 24.1. The first-order chi connectivity index (χ1) is 20.9. The molecule has 7 N–H and O–H groups in total. The van der Waals surface area contributed by atoms with Crippen molar-refractivity contribution in [1.29, 1.82) is 0 Å². The molecule has 0 aromatic carbocycles. The minimum absolute atomic E-state index is 0.0446. The molecule has 0 spiro atoms. The number of thioether (sulfide) groups is 1. The van der Waals surface area contributed by atoms with Gasteiger partial charge in [-0.2, -0.15) is 0 Å². The number of aliphatic carboxylic acids is 2. The van der Waals surface area contributed by atoms with Gasteiger partial charge in [-0.25, -0.2) is 4.79 Å². The summed E-state index contributed by atoms with van der Waals surface area (Å²) in [5.74, 6) is -5.10. The Labute approximate surface area is 258 Å². The summed E-state index contributed by atoms with van der Waals surface area (Å²) >= 11 is 1.26. The third kappa shape index (κ3) is 7.55. The number of pyridine rings is 1. The van der Waals surface area contributed by atoms with E-state index in [-0.39, 0.29) is 30.5 Å². The van der Waals surface area contributed by atoms with E-state index in [4.69, 9.17) is 20.7 Å². The summed E-state index contributed by atoms with van der Waals surface area (Å²) in [5.41, 5.74) is 8.57. The van der Waals surface area contributed by atoms with Crippen LogP contribution in [-0.4, -0.2) is 78.8 Å². The first-order valence-corrected chi connectivity index (χ1v) is 15.3. The van der Waals surface area contributed by atoms with Crippen LogP contribution >= 0.6 is 11.8 Å². The topological polar surface area (TPSA) is 218 Å². The van der Waals surface area contributed by atoms with Gasteiger partial charge in [0.2, 0.25) is 18.0 Å². The Bertz CT molecular complexity index is 1400. The van der Waals surface area contributed by atoms with Crippen LogP contribution in [0.15, 0.2) is 59.7 Å². The number of hydrogen-bond donors (Lipinski definition) is 6. The minimum Gasteiger partial charge on any atom is -0.480 e. The average molecular weight is 629 g/mol. The van der Waals surface area contributed by atoms with Crippen LogP contribution in [0.4, 0.5) is 0 Å². The third-order valence-electron chi connectivity index (χ3n) is 7.79. The first-order valence-electron chi connectivity index (χ1n) is 14.3. The summed E-state index contributed by atoms with van der Waals surface area (Å²) in [6.45, 7) is 1.97. The number of aliphatic hydroxyl groups is 1. The lowest BCUT2D eigenvalue weighted by atomic mass is 9.72. The fraction of sp³-hybridized carbons (Fsp3) is 0.467. The Balaban J connectivity index is 1.56. The smallest absolute Gasteiger partial charge is 0.353 e. The Morgan fingerprint density at radius 3 is 2.57 bits per heavy atom. The molecule has 1 aromatic rings. The van der Waals surface area contributed by atoms with Gasteiger partial charge in [0.25, 0.3) is 0 Å². The number of allylic oxidation sites excluding steroid dienone is 2. The number of nitrogens with two attached hydrogens (primary N) is 1. The third-order valence-corrected chi connectivity index (χ3v) is 9.33. The van der Waals surface area contributed by atoms with Crippen LogP contribution in [0, 0.1) is 11.8 Å². The molecule has 1 aromatic heterocycles. The van der Waals surface area contributed by atoms with E-state index >= 15 is 0 Å². The van der Waals surface area contributed by atoms with Gasteiger partial charge in [-0.3, -0.25) is 24.2 Å². The molecule has 236 valence electrons. The molecule has 0 saturated heterocycles. The van der Waals surface area contributed by atoms with Crippen LogP contribution in [0.2, 0.25) is 0 Å². The number of rotatable bonds is 15. The highest BCUT2D eigenvalue weighted by Crippen LogP contribution is 2.53. The van der Waals surface area contributed by atoms with Crippen molar-refractivity contribution in [1.82, 2.24) is 15.6 Å². The number of nitrogens with one attached hydrogen (secondary N) is 2. The number of carbonyl (C=O) groups is 5. The number of ether oxygens (including phenoxy) is 1. The van der Waals surface area contributed by atoms with Crippen LogP contribution in [0.25, 0.3) is 0 Å². The van der Waals surface area contributed by atoms with E-state index < -0.39 is 52.7 Å². The van der Waals surface area contributed by atoms with Crippen molar-refractivity contribution in [3.63, 3.8) is 0 Å². The maximum Gasteiger partial charge on any atom is 0.353 e. The van der Waals surface area contributed by atoms with E-state index in [1.54, 1.807) is 12.4 Å². The Morgan fingerprint density at radius 1 is 1.18 bits per heavy atom. The van der Waals surface area contributed by atoms with Crippen molar-refractivity contribution in [2.45, 2.75) is 68.5 Å². The average Bonchev–Trinajstić information content (AvgIpc) is 3.33. The maximum atomic E-state index is 13.2. The predicted molar refractivity (Wildman–Crippen MR) is 159 cm³/mol. The molecule has 14 heteroatoms. The molecule has 1 aliphatic heterocycles. The molecule has 4 rings (SSSR count). The van der Waals surface area contributed by atoms with Gasteiger partial charge in [0, 0.05) is 30.5 Å². The molecular formula is C30H36N4O9S. The quantitative estimate of drug-likeness (QED) is 0.0912. The zero-order chi connectivity index (χ0) is 32.0. The van der Waals surface area contributed by atoms with Crippen molar-refractivity contribution < 1.29 is 44.0 Å². The SMILES string of the molecule is CCCC1(SCC(NC(=O)CCC(N)C(=O)O)C(=O)NC(O)C(=O)O)C=CC2CC(Cc3ccncc3)=CC3C(=O)OC1=C23. The molecule has 6 unspecified atom stereocenters. The van der Waals surface area contributed by atoms with Crippen molar-refractivity contribution >= 4 is 41.5 Å². The Hall–Kier alpha value is -4.01. The fourth-order valence-electron chi connectivity index (χ4n) is 5.63. The van der Waals surface area contributed by atoms with E-state index in [0.717, 1.165) is 16.7 Å². The van der Waals surface area contributed by atoms with Gasteiger partial charge in [-0.1, -0.05) is 37.1 Å². The highest BCUT2D eigenvalue weighted by Gasteiger charge is 2.50. The molecule has 44 heavy (non-hydrogen) atoms. The minimum atomic E-state index is -2.20. The summed E-state index contributed by atoms with van der Waals surface area (Å²) in [6, 6.07) is 1.29. The number of carbonyl (C=O) groups excluding carboxylic acids is 3. The number of aliphatic hydroxyl groups excluding tert-OH is 1. The van der Waals surface area contributed by atoms with Gasteiger partial charge in [0.05, 0.1) is 4.75 Å². The van der Waals surface area contributed by atoms with E-state index in [2.05, 4.69) is 16.4 Å². The number of carboxylic acids is 2. The molecular weight excluding hydrogens is 592 g/mol. The van der Waals surface area contributed by atoms with Crippen LogP contribution < -0.4 is 16.4 Å². The molecule has 0 saturated carbocycles. The lowest BCUT2D eigenvalue weighted by Gasteiger charge is -2.38. The first kappa shape index (κ1) is 32.9. The molecule has 2 heterocycles. The molecule has 6 atom stereocenters. The summed E-state index contributed by atoms with van der Waals surface area (Å²) in [6.07, 6.45) is 9.40. The van der Waals surface area contributed by atoms with Gasteiger partial charge in [0.15, 0.2) is 0 Å². The number of hydrogen-bond acceptors (Lipinski definition) is 10. The lowest BCUT2D eigenvalue weighted by Crippen LogP contribution is -2.53. The van der Waals surface area contributed by atoms with E-state index in [1.165, 1.54) is 11.8 Å². The standard InChI is InChI=1S/C30H36N4O9S/c1-2-8-30(44-15-21(25(36)34-26(37)28(40)41)33-22(35)4-3-20(31)27(38)39)9-5-18-13-17(12-16-6-10-32-11-7-16)14-19-23(18)24(30)43-29(19)42/h5-7,9-11,14,18-21,26,37H,2-4,8,12-13,15,31H2,1H3,(H,33,35)(H,34,36)(H,38,39)(H,40,41). The Morgan fingerprint density at radius 2 is 1.91 bits per heavy atom. The van der Waals surface area contributed by atoms with Gasteiger partial charge < -0.3 is 36.4 Å². The van der Waals surface area contributed by atoms with Crippen LogP contribution in [0.1, 0.15) is 44.6 Å². The van der Waals surface area contributed by atoms with Crippen LogP contribution in [0.3, 0.4) is 0 Å². The second-order valence-corrected chi connectivity index (χ2v) is 12.4. The Kier molecular flexibility index (Phi) is 10.6. The predicted octanol–water partition coefficient (Wildman–Crippen LogP) is 1.04. The number of amides is 2. The molecule has 3 aliphatic rings. The normalized spacial score (nSPS) is 24.0. The molecule has 13 nitrogen and oxygen atoms in total. The second-order valence-electron chi connectivity index (χ2n) is 11.0. The molecule has 2 amide bonds. The van der Waals surface area contributed by atoms with Crippen LogP contribution in [-0.2, 0) is 35.1 Å². The maximum absolute atomic E-state index is 13.2. The van der Waals surface area contributed by atoms with Crippen molar-refractivity contribution in [3.05, 3.63) is 65.2 Å². The monoisotopic (exact) mass is 628 g/mol. The lowest BCUT2D eigenvalue weighted by molar-refractivity contribution is -0.151. The van der Waals surface area contributed by atoms with Crippen molar-refractivity contribution in [2.75, 3.05) is 5.75 Å². The van der Waals surface area contributed by atoms with Gasteiger partial charge in [-0.15, -0.1) is 11.8 Å². The van der Waals surface area contributed by atoms with E-state index in [1.807, 2.05) is 36.5 Å². The van der Waals surface area contributed by atoms with Gasteiger partial charge >= 0.3 is 17.9 Å². The van der Waals surface area contributed by atoms with Gasteiger partial charge in [-0.05, 0) is 49.0 Å². The molecule has 0 radical (unpaired) electrons. The summed E-state index contributed by atoms with van der Waals surface area (Å²) in [4.78, 5) is 65.1. The summed E-state index contributed by atoms with van der Waals surface area (Å²) in [5, 5.41) is 32.2. The molecule has 0 bridgehead atoms.